The minimum atomic E-state index is -0.564. The maximum absolute atomic E-state index is 12.3. The van der Waals surface area contributed by atoms with Gasteiger partial charge in [-0.3, -0.25) is 9.59 Å². The molecule has 2 aromatic heterocycles. The summed E-state index contributed by atoms with van der Waals surface area (Å²) in [5.74, 6) is -0.777. The fraction of sp³-hybridized carbons (Fsp3) is 0.294. The highest BCUT2D eigenvalue weighted by Gasteiger charge is 2.18. The van der Waals surface area contributed by atoms with Crippen LogP contribution in [0.15, 0.2) is 34.2 Å². The Bertz CT molecular complexity index is 953. The number of nitrogens with zero attached hydrogens (tertiary/aromatic N) is 3. The van der Waals surface area contributed by atoms with Crippen molar-refractivity contribution in [3.05, 3.63) is 45.5 Å². The third kappa shape index (κ3) is 4.28. The van der Waals surface area contributed by atoms with Gasteiger partial charge in [0.2, 0.25) is 0 Å². The standard InChI is InChI=1S/C17H16BrN3O4S/c1-10(14-7-21(20-19-14)8-17(23)24-2)25-16(22)5-11-9-26-15-4-3-12(18)6-13(11)15/h3-4,6-7,9-10H,5,8H2,1-2H3/t10-/m0/s1. The van der Waals surface area contributed by atoms with Crippen LogP contribution in [-0.4, -0.2) is 34.0 Å². The van der Waals surface area contributed by atoms with E-state index in [9.17, 15) is 9.59 Å². The molecule has 2 heterocycles. The van der Waals surface area contributed by atoms with Gasteiger partial charge in [0.25, 0.3) is 0 Å². The van der Waals surface area contributed by atoms with Gasteiger partial charge in [-0.2, -0.15) is 0 Å². The maximum atomic E-state index is 12.3. The second-order valence-corrected chi connectivity index (χ2v) is 7.45. The van der Waals surface area contributed by atoms with Crippen molar-refractivity contribution in [2.24, 2.45) is 0 Å². The van der Waals surface area contributed by atoms with Gasteiger partial charge in [-0.05, 0) is 41.5 Å². The van der Waals surface area contributed by atoms with E-state index in [4.69, 9.17) is 4.74 Å². The van der Waals surface area contributed by atoms with Crippen LogP contribution in [0.2, 0.25) is 0 Å². The maximum Gasteiger partial charge on any atom is 0.327 e. The largest absolute Gasteiger partial charge is 0.468 e. The molecule has 9 heteroatoms. The van der Waals surface area contributed by atoms with E-state index in [0.717, 1.165) is 20.1 Å². The first kappa shape index (κ1) is 18.5. The number of fused-ring (bicyclic) bond motifs is 1. The van der Waals surface area contributed by atoms with Gasteiger partial charge >= 0.3 is 11.9 Å². The molecule has 0 fully saturated rings. The molecule has 0 aliphatic carbocycles. The van der Waals surface area contributed by atoms with E-state index >= 15 is 0 Å². The number of esters is 2. The fourth-order valence-corrected chi connectivity index (χ4v) is 3.72. The number of methoxy groups -OCH3 is 1. The third-order valence-corrected chi connectivity index (χ3v) is 5.26. The Hall–Kier alpha value is -2.26. The number of carbonyl (C=O) groups excluding carboxylic acids is 2. The van der Waals surface area contributed by atoms with E-state index in [1.807, 2.05) is 23.6 Å². The summed E-state index contributed by atoms with van der Waals surface area (Å²) in [6.45, 7) is 1.67. The van der Waals surface area contributed by atoms with Gasteiger partial charge in [-0.1, -0.05) is 21.1 Å². The molecule has 0 aliphatic rings. The van der Waals surface area contributed by atoms with Crippen LogP contribution in [0.3, 0.4) is 0 Å². The Balaban J connectivity index is 1.64. The molecule has 0 spiro atoms. The number of thiophene rings is 1. The van der Waals surface area contributed by atoms with Gasteiger partial charge in [0.15, 0.2) is 0 Å². The van der Waals surface area contributed by atoms with Crippen molar-refractivity contribution in [2.45, 2.75) is 26.0 Å². The summed E-state index contributed by atoms with van der Waals surface area (Å²) in [6, 6.07) is 5.98. The summed E-state index contributed by atoms with van der Waals surface area (Å²) in [6.07, 6.45) is 1.17. The number of aromatic nitrogens is 3. The zero-order valence-electron chi connectivity index (χ0n) is 14.1. The van der Waals surface area contributed by atoms with Crippen molar-refractivity contribution >= 4 is 49.3 Å². The quantitative estimate of drug-likeness (QED) is 0.550. The van der Waals surface area contributed by atoms with Crippen molar-refractivity contribution in [1.29, 1.82) is 0 Å². The number of halogens is 1. The molecule has 0 bridgehead atoms. The number of hydrogen-bond acceptors (Lipinski definition) is 7. The van der Waals surface area contributed by atoms with Gasteiger partial charge < -0.3 is 9.47 Å². The fourth-order valence-electron chi connectivity index (χ4n) is 2.42. The molecule has 0 unspecified atom stereocenters. The summed E-state index contributed by atoms with van der Waals surface area (Å²) >= 11 is 5.04. The number of benzene rings is 1. The second kappa shape index (κ2) is 7.96. The molecular weight excluding hydrogens is 422 g/mol. The summed E-state index contributed by atoms with van der Waals surface area (Å²) in [7, 11) is 1.30. The van der Waals surface area contributed by atoms with Crippen molar-refractivity contribution in [3.8, 4) is 0 Å². The van der Waals surface area contributed by atoms with Crippen molar-refractivity contribution < 1.29 is 19.1 Å². The topological polar surface area (TPSA) is 83.3 Å². The summed E-state index contributed by atoms with van der Waals surface area (Å²) in [4.78, 5) is 23.5. The third-order valence-electron chi connectivity index (χ3n) is 3.75. The van der Waals surface area contributed by atoms with Crippen molar-refractivity contribution in [2.75, 3.05) is 7.11 Å². The van der Waals surface area contributed by atoms with Crippen LogP contribution < -0.4 is 0 Å². The van der Waals surface area contributed by atoms with Crippen LogP contribution in [0.4, 0.5) is 0 Å². The average molecular weight is 438 g/mol. The predicted octanol–water partition coefficient (Wildman–Crippen LogP) is 3.28. The zero-order chi connectivity index (χ0) is 18.7. The second-order valence-electron chi connectivity index (χ2n) is 5.63. The highest BCUT2D eigenvalue weighted by molar-refractivity contribution is 9.10. The number of hydrogen-bond donors (Lipinski definition) is 0. The lowest BCUT2D eigenvalue weighted by molar-refractivity contribution is -0.148. The molecule has 0 saturated heterocycles. The number of rotatable bonds is 6. The predicted molar refractivity (Wildman–Crippen MR) is 99.8 cm³/mol. The van der Waals surface area contributed by atoms with Crippen LogP contribution in [0.25, 0.3) is 10.1 Å². The first-order valence-electron chi connectivity index (χ1n) is 7.78. The first-order valence-corrected chi connectivity index (χ1v) is 9.45. The van der Waals surface area contributed by atoms with Crippen LogP contribution in [0.5, 0.6) is 0 Å². The average Bonchev–Trinajstić information content (AvgIpc) is 3.22. The van der Waals surface area contributed by atoms with E-state index in [2.05, 4.69) is 31.0 Å². The van der Waals surface area contributed by atoms with Crippen LogP contribution >= 0.6 is 27.3 Å². The van der Waals surface area contributed by atoms with Gasteiger partial charge in [-0.25, -0.2) is 4.68 Å². The van der Waals surface area contributed by atoms with E-state index in [1.54, 1.807) is 24.5 Å². The van der Waals surface area contributed by atoms with E-state index in [-0.39, 0.29) is 18.9 Å². The molecular formula is C17H16BrN3O4S. The summed E-state index contributed by atoms with van der Waals surface area (Å²) < 4.78 is 13.5. The zero-order valence-corrected chi connectivity index (χ0v) is 16.5. The Kier molecular flexibility index (Phi) is 5.67. The van der Waals surface area contributed by atoms with Crippen LogP contribution in [0, 0.1) is 0 Å². The van der Waals surface area contributed by atoms with E-state index in [0.29, 0.717) is 5.69 Å². The van der Waals surface area contributed by atoms with Gasteiger partial charge in [-0.15, -0.1) is 16.4 Å². The molecule has 0 aliphatic heterocycles. The van der Waals surface area contributed by atoms with Gasteiger partial charge in [0.05, 0.1) is 19.7 Å². The van der Waals surface area contributed by atoms with Gasteiger partial charge in [0.1, 0.15) is 18.3 Å². The molecule has 3 rings (SSSR count). The molecule has 1 atom stereocenters. The minimum absolute atomic E-state index is 0.0417. The highest BCUT2D eigenvalue weighted by Crippen LogP contribution is 2.29. The van der Waals surface area contributed by atoms with E-state index < -0.39 is 12.1 Å². The molecule has 0 saturated carbocycles. The van der Waals surface area contributed by atoms with E-state index in [1.165, 1.54) is 11.8 Å². The lowest BCUT2D eigenvalue weighted by Gasteiger charge is -2.10. The Labute approximate surface area is 162 Å². The summed E-state index contributed by atoms with van der Waals surface area (Å²) in [5, 5.41) is 10.8. The van der Waals surface area contributed by atoms with Crippen molar-refractivity contribution in [1.82, 2.24) is 15.0 Å². The molecule has 0 radical (unpaired) electrons. The van der Waals surface area contributed by atoms with Crippen molar-refractivity contribution in [3.63, 3.8) is 0 Å². The SMILES string of the molecule is COC(=O)Cn1cc([C@H](C)OC(=O)Cc2csc3ccc(Br)cc23)nn1. The Morgan fingerprint density at radius 2 is 2.15 bits per heavy atom. The number of ether oxygens (including phenoxy) is 2. The first-order chi connectivity index (χ1) is 12.5. The molecule has 1 aromatic carbocycles. The molecule has 26 heavy (non-hydrogen) atoms. The Morgan fingerprint density at radius 1 is 1.35 bits per heavy atom. The van der Waals surface area contributed by atoms with Crippen LogP contribution in [0.1, 0.15) is 24.3 Å². The highest BCUT2D eigenvalue weighted by atomic mass is 79.9. The molecule has 7 nitrogen and oxygen atoms in total. The Morgan fingerprint density at radius 3 is 2.92 bits per heavy atom. The normalized spacial score (nSPS) is 12.1. The number of carbonyl (C=O) groups is 2. The minimum Gasteiger partial charge on any atom is -0.468 e. The monoisotopic (exact) mass is 437 g/mol. The molecule has 0 amide bonds. The summed E-state index contributed by atoms with van der Waals surface area (Å²) in [5.41, 5.74) is 1.40. The smallest absolute Gasteiger partial charge is 0.327 e. The van der Waals surface area contributed by atoms with Crippen LogP contribution in [-0.2, 0) is 32.0 Å². The van der Waals surface area contributed by atoms with Gasteiger partial charge in [0, 0.05) is 9.17 Å². The molecule has 3 aromatic rings. The lowest BCUT2D eigenvalue weighted by atomic mass is 10.1. The molecule has 136 valence electrons. The molecule has 0 N–H and O–H groups in total. The lowest BCUT2D eigenvalue weighted by Crippen LogP contribution is -2.12.